The molecule has 3 rings (SSSR count). The van der Waals surface area contributed by atoms with Gasteiger partial charge in [0.2, 0.25) is 10.0 Å². The van der Waals surface area contributed by atoms with Gasteiger partial charge < -0.3 is 5.32 Å². The van der Waals surface area contributed by atoms with E-state index in [4.69, 9.17) is 0 Å². The van der Waals surface area contributed by atoms with Gasteiger partial charge in [0, 0.05) is 19.1 Å². The first-order chi connectivity index (χ1) is 9.06. The number of sulfonamides is 1. The van der Waals surface area contributed by atoms with Gasteiger partial charge in [-0.2, -0.15) is 0 Å². The van der Waals surface area contributed by atoms with Crippen molar-refractivity contribution in [2.75, 3.05) is 16.6 Å². The van der Waals surface area contributed by atoms with Crippen LogP contribution in [-0.2, 0) is 16.6 Å². The molecule has 1 unspecified atom stereocenters. The van der Waals surface area contributed by atoms with E-state index in [-0.39, 0.29) is 6.04 Å². The Labute approximate surface area is 114 Å². The smallest absolute Gasteiger partial charge is 0.235 e. The van der Waals surface area contributed by atoms with Crippen LogP contribution in [0.5, 0.6) is 0 Å². The average molecular weight is 280 g/mol. The fraction of sp³-hybridized carbons (Fsp3) is 0.571. The van der Waals surface area contributed by atoms with Crippen molar-refractivity contribution in [2.24, 2.45) is 5.92 Å². The molecule has 0 saturated heterocycles. The summed E-state index contributed by atoms with van der Waals surface area (Å²) in [6, 6.07) is 7.96. The zero-order valence-electron chi connectivity index (χ0n) is 11.2. The lowest BCUT2D eigenvalue weighted by Crippen LogP contribution is -2.41. The molecule has 0 radical (unpaired) electrons. The van der Waals surface area contributed by atoms with Crippen molar-refractivity contribution < 1.29 is 8.42 Å². The van der Waals surface area contributed by atoms with Gasteiger partial charge in [-0.3, -0.25) is 4.31 Å². The van der Waals surface area contributed by atoms with Crippen molar-refractivity contribution in [1.29, 1.82) is 0 Å². The number of fused-ring (bicyclic) bond motifs is 1. The summed E-state index contributed by atoms with van der Waals surface area (Å²) in [5.74, 6) is 0.678. The molecule has 1 N–H and O–H groups in total. The molecule has 1 fully saturated rings. The SMILES string of the molecule is CC1CN(S(=O)(=O)CC2CC2)c2ccccc2CN1. The highest BCUT2D eigenvalue weighted by atomic mass is 32.2. The lowest BCUT2D eigenvalue weighted by Gasteiger charge is -2.26. The molecule has 0 aromatic heterocycles. The molecule has 0 spiro atoms. The van der Waals surface area contributed by atoms with Crippen LogP contribution in [-0.4, -0.2) is 26.8 Å². The van der Waals surface area contributed by atoms with Crippen LogP contribution in [0.1, 0.15) is 25.3 Å². The number of para-hydroxylation sites is 1. The average Bonchev–Trinajstić information content (AvgIpc) is 3.17. The Bertz CT molecular complexity index is 567. The first-order valence-corrected chi connectivity index (χ1v) is 8.49. The van der Waals surface area contributed by atoms with Crippen molar-refractivity contribution in [3.63, 3.8) is 0 Å². The Kier molecular flexibility index (Phi) is 3.27. The molecule has 1 aromatic carbocycles. The molecule has 1 heterocycles. The van der Waals surface area contributed by atoms with Crippen LogP contribution in [0.2, 0.25) is 0 Å². The van der Waals surface area contributed by atoms with E-state index in [2.05, 4.69) is 5.32 Å². The van der Waals surface area contributed by atoms with Gasteiger partial charge in [-0.25, -0.2) is 8.42 Å². The Morgan fingerprint density at radius 2 is 2.05 bits per heavy atom. The van der Waals surface area contributed by atoms with E-state index in [9.17, 15) is 8.42 Å². The molecular formula is C14H20N2O2S. The highest BCUT2D eigenvalue weighted by molar-refractivity contribution is 7.92. The van der Waals surface area contributed by atoms with E-state index in [1.54, 1.807) is 4.31 Å². The molecule has 4 nitrogen and oxygen atoms in total. The Morgan fingerprint density at radius 1 is 1.32 bits per heavy atom. The predicted molar refractivity (Wildman–Crippen MR) is 76.6 cm³/mol. The van der Waals surface area contributed by atoms with Crippen molar-refractivity contribution in [3.8, 4) is 0 Å². The van der Waals surface area contributed by atoms with Gasteiger partial charge in [0.15, 0.2) is 0 Å². The quantitative estimate of drug-likeness (QED) is 0.917. The molecule has 19 heavy (non-hydrogen) atoms. The Balaban J connectivity index is 1.97. The summed E-state index contributed by atoms with van der Waals surface area (Å²) >= 11 is 0. The maximum absolute atomic E-state index is 12.6. The summed E-state index contributed by atoms with van der Waals surface area (Å²) in [5, 5.41) is 3.37. The number of anilines is 1. The highest BCUT2D eigenvalue weighted by Gasteiger charge is 2.34. The van der Waals surface area contributed by atoms with E-state index in [1.807, 2.05) is 31.2 Å². The van der Waals surface area contributed by atoms with E-state index in [0.717, 1.165) is 30.6 Å². The number of nitrogens with zero attached hydrogens (tertiary/aromatic N) is 1. The van der Waals surface area contributed by atoms with Crippen LogP contribution in [0.4, 0.5) is 5.69 Å². The van der Waals surface area contributed by atoms with Crippen LogP contribution < -0.4 is 9.62 Å². The number of rotatable bonds is 3. The van der Waals surface area contributed by atoms with Crippen molar-refractivity contribution in [2.45, 2.75) is 32.4 Å². The zero-order valence-corrected chi connectivity index (χ0v) is 12.0. The van der Waals surface area contributed by atoms with Crippen LogP contribution in [0.15, 0.2) is 24.3 Å². The monoisotopic (exact) mass is 280 g/mol. The van der Waals surface area contributed by atoms with E-state index < -0.39 is 10.0 Å². The third-order valence-corrected chi connectivity index (χ3v) is 5.73. The van der Waals surface area contributed by atoms with Gasteiger partial charge in [0.25, 0.3) is 0 Å². The summed E-state index contributed by atoms with van der Waals surface area (Å²) in [4.78, 5) is 0. The summed E-state index contributed by atoms with van der Waals surface area (Å²) in [7, 11) is -3.20. The molecule has 1 atom stereocenters. The minimum atomic E-state index is -3.20. The summed E-state index contributed by atoms with van der Waals surface area (Å²) in [6.45, 7) is 3.28. The van der Waals surface area contributed by atoms with Crippen LogP contribution in [0, 0.1) is 5.92 Å². The summed E-state index contributed by atoms with van der Waals surface area (Å²) in [6.07, 6.45) is 2.12. The summed E-state index contributed by atoms with van der Waals surface area (Å²) < 4.78 is 26.8. The van der Waals surface area contributed by atoms with Gasteiger partial charge >= 0.3 is 0 Å². The van der Waals surface area contributed by atoms with Crippen LogP contribution in [0.3, 0.4) is 0 Å². The molecule has 0 amide bonds. The largest absolute Gasteiger partial charge is 0.308 e. The Morgan fingerprint density at radius 3 is 2.79 bits per heavy atom. The van der Waals surface area contributed by atoms with Crippen LogP contribution >= 0.6 is 0 Å². The normalized spacial score (nSPS) is 23.8. The molecular weight excluding hydrogens is 260 g/mol. The topological polar surface area (TPSA) is 49.4 Å². The molecule has 104 valence electrons. The van der Waals surface area contributed by atoms with Gasteiger partial charge in [0.05, 0.1) is 11.4 Å². The Hall–Kier alpha value is -1.07. The maximum Gasteiger partial charge on any atom is 0.235 e. The number of nitrogens with one attached hydrogen (secondary N) is 1. The van der Waals surface area contributed by atoms with Gasteiger partial charge in [0.1, 0.15) is 0 Å². The predicted octanol–water partition coefficient (Wildman–Crippen LogP) is 1.72. The third-order valence-electron chi connectivity index (χ3n) is 3.82. The van der Waals surface area contributed by atoms with Crippen LogP contribution in [0.25, 0.3) is 0 Å². The molecule has 1 aliphatic heterocycles. The van der Waals surface area contributed by atoms with Crippen molar-refractivity contribution in [1.82, 2.24) is 5.32 Å². The molecule has 1 aromatic rings. The summed E-state index contributed by atoms with van der Waals surface area (Å²) in [5.41, 5.74) is 1.91. The molecule has 1 saturated carbocycles. The fourth-order valence-electron chi connectivity index (χ4n) is 2.54. The fourth-order valence-corrected chi connectivity index (χ4v) is 4.57. The second-order valence-corrected chi connectivity index (χ2v) is 7.60. The van der Waals surface area contributed by atoms with Gasteiger partial charge in [-0.05, 0) is 37.3 Å². The molecule has 0 bridgehead atoms. The van der Waals surface area contributed by atoms with E-state index in [1.165, 1.54) is 0 Å². The van der Waals surface area contributed by atoms with E-state index >= 15 is 0 Å². The van der Waals surface area contributed by atoms with Gasteiger partial charge in [-0.1, -0.05) is 18.2 Å². The number of benzene rings is 1. The molecule has 5 heteroatoms. The lowest BCUT2D eigenvalue weighted by atomic mass is 10.2. The second-order valence-electron chi connectivity index (χ2n) is 5.66. The van der Waals surface area contributed by atoms with E-state index in [0.29, 0.717) is 18.2 Å². The maximum atomic E-state index is 12.6. The minimum Gasteiger partial charge on any atom is -0.308 e. The first kappa shape index (κ1) is 12.9. The molecule has 2 aliphatic rings. The highest BCUT2D eigenvalue weighted by Crippen LogP contribution is 2.33. The zero-order chi connectivity index (χ0) is 13.5. The van der Waals surface area contributed by atoms with Crippen molar-refractivity contribution >= 4 is 15.7 Å². The molecule has 1 aliphatic carbocycles. The van der Waals surface area contributed by atoms with Crippen molar-refractivity contribution in [3.05, 3.63) is 29.8 Å². The third kappa shape index (κ3) is 2.77. The number of hydrogen-bond donors (Lipinski definition) is 1. The standard InChI is InChI=1S/C14H20N2O2S/c1-11-9-16(19(17,18)10-12-6-7-12)14-5-3-2-4-13(14)8-15-11/h2-5,11-12,15H,6-10H2,1H3. The minimum absolute atomic E-state index is 0.168. The lowest BCUT2D eigenvalue weighted by molar-refractivity contribution is 0.554. The number of hydrogen-bond acceptors (Lipinski definition) is 3. The second kappa shape index (κ2) is 4.80. The van der Waals surface area contributed by atoms with Gasteiger partial charge in [-0.15, -0.1) is 0 Å². The first-order valence-electron chi connectivity index (χ1n) is 6.88.